The van der Waals surface area contributed by atoms with Crippen LogP contribution in [0.3, 0.4) is 0 Å². The van der Waals surface area contributed by atoms with Gasteiger partial charge in [0.15, 0.2) is 5.76 Å². The molecule has 1 rings (SSSR count). The molecule has 0 spiro atoms. The molecule has 100 valence electrons. The van der Waals surface area contributed by atoms with Crippen molar-refractivity contribution in [1.29, 1.82) is 0 Å². The molecule has 0 bridgehead atoms. The molecule has 1 amide bonds. The maximum absolute atomic E-state index is 11.8. The van der Waals surface area contributed by atoms with E-state index in [0.717, 1.165) is 6.07 Å². The zero-order valence-corrected chi connectivity index (χ0v) is 10.0. The highest BCUT2D eigenvalue weighted by Gasteiger charge is 2.21. The van der Waals surface area contributed by atoms with E-state index in [9.17, 15) is 20.0 Å². The van der Waals surface area contributed by atoms with E-state index in [1.807, 2.05) is 0 Å². The minimum Gasteiger partial charge on any atom is -0.395 e. The monoisotopic (exact) mass is 258 g/mol. The van der Waals surface area contributed by atoms with E-state index < -0.39 is 22.8 Å². The second-order valence-corrected chi connectivity index (χ2v) is 3.69. The molecule has 1 N–H and O–H groups in total. The molecule has 0 saturated carbocycles. The Bertz CT molecular complexity index is 430. The van der Waals surface area contributed by atoms with Gasteiger partial charge in [-0.3, -0.25) is 14.9 Å². The third-order valence-corrected chi connectivity index (χ3v) is 2.17. The number of carbonyl (C=O) groups is 1. The third-order valence-electron chi connectivity index (χ3n) is 2.17. The summed E-state index contributed by atoms with van der Waals surface area (Å²) in [6.07, 6.45) is -0.825. The smallest absolute Gasteiger partial charge is 0.395 e. The number of carbonyl (C=O) groups excluding carboxylic acids is 1. The van der Waals surface area contributed by atoms with Crippen LogP contribution in [0.15, 0.2) is 16.5 Å². The van der Waals surface area contributed by atoms with Crippen LogP contribution in [-0.2, 0) is 4.74 Å². The summed E-state index contributed by atoms with van der Waals surface area (Å²) in [5.74, 6) is -1.18. The van der Waals surface area contributed by atoms with Gasteiger partial charge < -0.3 is 19.2 Å². The molecule has 1 aromatic rings. The Morgan fingerprint density at radius 3 is 2.83 bits per heavy atom. The van der Waals surface area contributed by atoms with Gasteiger partial charge in [0.2, 0.25) is 0 Å². The number of amides is 1. The molecule has 0 radical (unpaired) electrons. The van der Waals surface area contributed by atoms with Crippen molar-refractivity contribution in [2.45, 2.75) is 6.10 Å². The Morgan fingerprint density at radius 1 is 1.67 bits per heavy atom. The highest BCUT2D eigenvalue weighted by atomic mass is 16.6. The van der Waals surface area contributed by atoms with Gasteiger partial charge in [-0.2, -0.15) is 0 Å². The first-order chi connectivity index (χ1) is 8.45. The molecule has 0 aliphatic carbocycles. The van der Waals surface area contributed by atoms with Crippen molar-refractivity contribution in [2.24, 2.45) is 0 Å². The predicted molar refractivity (Wildman–Crippen MR) is 60.2 cm³/mol. The lowest BCUT2D eigenvalue weighted by Gasteiger charge is -2.19. The van der Waals surface area contributed by atoms with Crippen molar-refractivity contribution in [3.8, 4) is 0 Å². The van der Waals surface area contributed by atoms with Gasteiger partial charge in [-0.05, 0) is 6.07 Å². The van der Waals surface area contributed by atoms with Crippen molar-refractivity contribution in [3.05, 3.63) is 28.0 Å². The molecule has 1 unspecified atom stereocenters. The zero-order chi connectivity index (χ0) is 13.7. The van der Waals surface area contributed by atoms with Crippen molar-refractivity contribution in [1.82, 2.24) is 4.90 Å². The van der Waals surface area contributed by atoms with E-state index in [1.165, 1.54) is 25.1 Å². The molecular formula is C10H14N2O6. The van der Waals surface area contributed by atoms with E-state index in [1.54, 1.807) is 0 Å². The first-order valence-electron chi connectivity index (χ1n) is 5.12. The summed E-state index contributed by atoms with van der Waals surface area (Å²) in [7, 11) is 2.89. The Hall–Kier alpha value is -1.93. The van der Waals surface area contributed by atoms with Gasteiger partial charge in [0.25, 0.3) is 5.91 Å². The summed E-state index contributed by atoms with van der Waals surface area (Å²) in [6.45, 7) is 0.136. The molecular weight excluding hydrogens is 244 g/mol. The fourth-order valence-electron chi connectivity index (χ4n) is 1.37. The highest BCUT2D eigenvalue weighted by molar-refractivity contribution is 5.91. The summed E-state index contributed by atoms with van der Waals surface area (Å²) in [6, 6.07) is 2.33. The molecule has 8 heteroatoms. The summed E-state index contributed by atoms with van der Waals surface area (Å²) < 4.78 is 9.49. The maximum Gasteiger partial charge on any atom is 0.433 e. The first kappa shape index (κ1) is 14.1. The second-order valence-electron chi connectivity index (χ2n) is 3.69. The highest BCUT2D eigenvalue weighted by Crippen LogP contribution is 2.16. The van der Waals surface area contributed by atoms with Crippen LogP contribution in [0.25, 0.3) is 0 Å². The zero-order valence-electron chi connectivity index (χ0n) is 10.0. The lowest BCUT2D eigenvalue weighted by molar-refractivity contribution is -0.402. The fraction of sp³-hybridized carbons (Fsp3) is 0.500. The summed E-state index contributed by atoms with van der Waals surface area (Å²) in [5.41, 5.74) is 0. The van der Waals surface area contributed by atoms with Gasteiger partial charge in [0.05, 0.1) is 18.8 Å². The molecule has 0 saturated heterocycles. The number of hydrogen-bond acceptors (Lipinski definition) is 6. The van der Waals surface area contributed by atoms with E-state index in [4.69, 9.17) is 9.15 Å². The Labute approximate surface area is 103 Å². The number of ether oxygens (including phenoxy) is 1. The second kappa shape index (κ2) is 6.12. The van der Waals surface area contributed by atoms with Gasteiger partial charge in [-0.15, -0.1) is 0 Å². The number of rotatable bonds is 6. The normalized spacial score (nSPS) is 12.2. The van der Waals surface area contributed by atoms with Crippen molar-refractivity contribution < 1.29 is 24.0 Å². The van der Waals surface area contributed by atoms with Crippen molar-refractivity contribution >= 4 is 11.8 Å². The van der Waals surface area contributed by atoms with Gasteiger partial charge in [-0.25, -0.2) is 0 Å². The standard InChI is InChI=1S/C10H14N2O6/c1-11(5-7(13)6-17-2)10(14)8-3-4-9(18-8)12(15)16/h3-4,7,13H,5-6H2,1-2H3. The molecule has 1 aromatic heterocycles. The van der Waals surface area contributed by atoms with E-state index in [-0.39, 0.29) is 18.9 Å². The van der Waals surface area contributed by atoms with Crippen LogP contribution in [0.2, 0.25) is 0 Å². The fourth-order valence-corrected chi connectivity index (χ4v) is 1.37. The van der Waals surface area contributed by atoms with Gasteiger partial charge in [0, 0.05) is 20.7 Å². The third kappa shape index (κ3) is 3.54. The molecule has 0 aliphatic rings. The number of hydrogen-bond donors (Lipinski definition) is 1. The lowest BCUT2D eigenvalue weighted by Crippen LogP contribution is -2.36. The average Bonchev–Trinajstić information content (AvgIpc) is 2.77. The van der Waals surface area contributed by atoms with Crippen LogP contribution >= 0.6 is 0 Å². The van der Waals surface area contributed by atoms with Crippen LogP contribution in [0.1, 0.15) is 10.6 Å². The average molecular weight is 258 g/mol. The van der Waals surface area contributed by atoms with Crippen molar-refractivity contribution in [2.75, 3.05) is 27.3 Å². The van der Waals surface area contributed by atoms with Gasteiger partial charge >= 0.3 is 5.88 Å². The van der Waals surface area contributed by atoms with Gasteiger partial charge in [0.1, 0.15) is 4.92 Å². The summed E-state index contributed by atoms with van der Waals surface area (Å²) in [4.78, 5) is 22.7. The van der Waals surface area contributed by atoms with Crippen LogP contribution in [0.4, 0.5) is 5.88 Å². The van der Waals surface area contributed by atoms with Crippen LogP contribution in [0, 0.1) is 10.1 Å². The van der Waals surface area contributed by atoms with Crippen LogP contribution in [-0.4, -0.2) is 54.3 Å². The number of methoxy groups -OCH3 is 1. The SMILES string of the molecule is COCC(O)CN(C)C(=O)c1ccc([N+](=O)[O-])o1. The molecule has 18 heavy (non-hydrogen) atoms. The Balaban J connectivity index is 2.65. The maximum atomic E-state index is 11.8. The molecule has 0 aliphatic heterocycles. The molecule has 0 aromatic carbocycles. The molecule has 1 heterocycles. The van der Waals surface area contributed by atoms with Crippen molar-refractivity contribution in [3.63, 3.8) is 0 Å². The number of nitrogens with zero attached hydrogens (tertiary/aromatic N) is 2. The number of aliphatic hydroxyl groups is 1. The topological polar surface area (TPSA) is 106 Å². The molecule has 0 fully saturated rings. The summed E-state index contributed by atoms with van der Waals surface area (Å²) in [5, 5.41) is 19.9. The Kier molecular flexibility index (Phi) is 4.81. The molecule has 1 atom stereocenters. The predicted octanol–water partition coefficient (Wildman–Crippen LogP) is 0.267. The largest absolute Gasteiger partial charge is 0.433 e. The molecule has 8 nitrogen and oxygen atoms in total. The van der Waals surface area contributed by atoms with Gasteiger partial charge in [-0.1, -0.05) is 0 Å². The van der Waals surface area contributed by atoms with Crippen LogP contribution in [0.5, 0.6) is 0 Å². The first-order valence-corrected chi connectivity index (χ1v) is 5.12. The minimum atomic E-state index is -0.825. The minimum absolute atomic E-state index is 0.0428. The number of furan rings is 1. The number of nitro groups is 1. The van der Waals surface area contributed by atoms with E-state index >= 15 is 0 Å². The lowest BCUT2D eigenvalue weighted by atomic mass is 10.3. The summed E-state index contributed by atoms with van der Waals surface area (Å²) >= 11 is 0. The Morgan fingerprint density at radius 2 is 2.33 bits per heavy atom. The number of aliphatic hydroxyl groups excluding tert-OH is 1. The van der Waals surface area contributed by atoms with E-state index in [2.05, 4.69) is 0 Å². The van der Waals surface area contributed by atoms with Crippen LogP contribution < -0.4 is 0 Å². The van der Waals surface area contributed by atoms with E-state index in [0.29, 0.717) is 0 Å². The number of likely N-dealkylation sites (N-methyl/N-ethyl adjacent to an activating group) is 1. The quantitative estimate of drug-likeness (QED) is 0.579.